The Kier molecular flexibility index (Phi) is 6.14. The Bertz CT molecular complexity index is 1050. The van der Waals surface area contributed by atoms with Gasteiger partial charge in [-0.15, -0.1) is 28.2 Å². The third kappa shape index (κ3) is 4.76. The normalized spacial score (nSPS) is 11.9. The molecule has 3 aromatic rings. The van der Waals surface area contributed by atoms with Gasteiger partial charge in [0.05, 0.1) is 0 Å². The maximum Gasteiger partial charge on any atom is 0.573 e. The summed E-state index contributed by atoms with van der Waals surface area (Å²) in [5, 5.41) is 15.6. The lowest BCUT2D eigenvalue weighted by Crippen LogP contribution is -2.46. The molecule has 0 saturated carbocycles. The summed E-state index contributed by atoms with van der Waals surface area (Å²) < 4.78 is 40.9. The van der Waals surface area contributed by atoms with Gasteiger partial charge in [0.15, 0.2) is 5.54 Å². The number of primary amides is 1. The number of halogens is 3. The predicted octanol–water partition coefficient (Wildman–Crippen LogP) is 3.98. The van der Waals surface area contributed by atoms with Crippen LogP contribution in [0, 0.1) is 0 Å². The van der Waals surface area contributed by atoms with Crippen molar-refractivity contribution in [3.05, 3.63) is 48.5 Å². The van der Waals surface area contributed by atoms with E-state index in [2.05, 4.69) is 25.5 Å². The van der Waals surface area contributed by atoms with Crippen LogP contribution in [-0.2, 0) is 10.3 Å². The predicted molar refractivity (Wildman–Crippen MR) is 107 cm³/mol. The number of tetrazole rings is 1. The van der Waals surface area contributed by atoms with Gasteiger partial charge in [-0.3, -0.25) is 4.79 Å². The molecule has 0 fully saturated rings. The van der Waals surface area contributed by atoms with Gasteiger partial charge >= 0.3 is 6.36 Å². The van der Waals surface area contributed by atoms with Crippen molar-refractivity contribution < 1.29 is 22.7 Å². The van der Waals surface area contributed by atoms with Crippen LogP contribution in [0.2, 0.25) is 0 Å². The van der Waals surface area contributed by atoms with E-state index in [1.807, 2.05) is 13.8 Å². The van der Waals surface area contributed by atoms with E-state index in [1.54, 1.807) is 24.3 Å². The number of rotatable bonds is 8. The van der Waals surface area contributed by atoms with Crippen molar-refractivity contribution in [3.63, 3.8) is 0 Å². The molecular formula is C20H21F3N6O2. The van der Waals surface area contributed by atoms with Gasteiger partial charge in [0.1, 0.15) is 5.75 Å². The zero-order chi connectivity index (χ0) is 22.6. The number of hydrogen-bond donors (Lipinski definition) is 2. The number of nitrogens with two attached hydrogens (primary N) is 1. The van der Waals surface area contributed by atoms with E-state index in [0.29, 0.717) is 29.8 Å². The molecule has 1 amide bonds. The number of hydrogen-bond acceptors (Lipinski definition) is 6. The molecule has 0 aliphatic heterocycles. The number of amides is 1. The van der Waals surface area contributed by atoms with Crippen molar-refractivity contribution >= 4 is 17.3 Å². The largest absolute Gasteiger partial charge is 0.573 e. The molecule has 0 spiro atoms. The fourth-order valence-electron chi connectivity index (χ4n) is 3.17. The lowest BCUT2D eigenvalue weighted by molar-refractivity contribution is -0.274. The lowest BCUT2D eigenvalue weighted by atomic mass is 9.93. The van der Waals surface area contributed by atoms with Gasteiger partial charge in [-0.05, 0) is 54.5 Å². The molecule has 164 valence electrons. The SMILES string of the molecule is CCC(CC)(C(N)=O)n1nnc(-c2ccccc2Nc2ccc(OC(F)(F)F)cc2)n1. The van der Waals surface area contributed by atoms with Gasteiger partial charge in [0.2, 0.25) is 11.7 Å². The van der Waals surface area contributed by atoms with Gasteiger partial charge in [-0.25, -0.2) is 0 Å². The molecular weight excluding hydrogens is 413 g/mol. The maximum absolute atomic E-state index is 12.3. The van der Waals surface area contributed by atoms with Gasteiger partial charge in [0.25, 0.3) is 0 Å². The number of para-hydroxylation sites is 1. The molecule has 0 unspecified atom stereocenters. The number of anilines is 2. The summed E-state index contributed by atoms with van der Waals surface area (Å²) in [6.45, 7) is 3.64. The fourth-order valence-corrected chi connectivity index (χ4v) is 3.17. The first-order chi connectivity index (χ1) is 14.7. The van der Waals surface area contributed by atoms with E-state index in [-0.39, 0.29) is 11.6 Å². The Balaban J connectivity index is 1.88. The van der Waals surface area contributed by atoms with Crippen molar-refractivity contribution in [1.82, 2.24) is 20.2 Å². The molecule has 11 heteroatoms. The molecule has 0 aliphatic carbocycles. The Morgan fingerprint density at radius 2 is 1.74 bits per heavy atom. The number of benzene rings is 2. The summed E-state index contributed by atoms with van der Waals surface area (Å²) in [5.41, 5.74) is 6.24. The van der Waals surface area contributed by atoms with E-state index in [4.69, 9.17) is 5.73 Å². The highest BCUT2D eigenvalue weighted by Gasteiger charge is 2.38. The first-order valence-corrected chi connectivity index (χ1v) is 9.51. The van der Waals surface area contributed by atoms with Crippen LogP contribution in [0.1, 0.15) is 26.7 Å². The van der Waals surface area contributed by atoms with E-state index in [0.717, 1.165) is 0 Å². The van der Waals surface area contributed by atoms with E-state index in [9.17, 15) is 18.0 Å². The first-order valence-electron chi connectivity index (χ1n) is 9.51. The van der Waals surface area contributed by atoms with Crippen molar-refractivity contribution in [3.8, 4) is 17.1 Å². The molecule has 0 aliphatic rings. The van der Waals surface area contributed by atoms with Gasteiger partial charge in [-0.2, -0.15) is 0 Å². The molecule has 0 atom stereocenters. The molecule has 31 heavy (non-hydrogen) atoms. The standard InChI is InChI=1S/C20H21F3N6O2/c1-3-19(4-2,18(24)30)29-27-17(26-28-29)15-7-5-6-8-16(15)25-13-9-11-14(12-10-13)31-20(21,22)23/h5-12,25H,3-4H2,1-2H3,(H2,24,30). The minimum Gasteiger partial charge on any atom is -0.406 e. The third-order valence-electron chi connectivity index (χ3n) is 4.96. The average molecular weight is 434 g/mol. The molecule has 8 nitrogen and oxygen atoms in total. The third-order valence-corrected chi connectivity index (χ3v) is 4.96. The topological polar surface area (TPSA) is 108 Å². The second kappa shape index (κ2) is 8.62. The number of nitrogens with zero attached hydrogens (tertiary/aromatic N) is 4. The van der Waals surface area contributed by atoms with E-state index in [1.165, 1.54) is 29.1 Å². The number of alkyl halides is 3. The summed E-state index contributed by atoms with van der Waals surface area (Å²) in [5.74, 6) is -0.598. The van der Waals surface area contributed by atoms with Crippen LogP contribution in [-0.4, -0.2) is 32.5 Å². The highest BCUT2D eigenvalue weighted by atomic mass is 19.4. The summed E-state index contributed by atoms with van der Waals surface area (Å²) >= 11 is 0. The van der Waals surface area contributed by atoms with Gasteiger partial charge < -0.3 is 15.8 Å². The summed E-state index contributed by atoms with van der Waals surface area (Å²) in [6.07, 6.45) is -3.95. The van der Waals surface area contributed by atoms with Crippen LogP contribution in [0.15, 0.2) is 48.5 Å². The second-order valence-corrected chi connectivity index (χ2v) is 6.75. The Morgan fingerprint density at radius 3 is 2.32 bits per heavy atom. The minimum absolute atomic E-state index is 0.271. The summed E-state index contributed by atoms with van der Waals surface area (Å²) in [4.78, 5) is 13.3. The first kappa shape index (κ1) is 22.1. The van der Waals surface area contributed by atoms with Crippen LogP contribution in [0.5, 0.6) is 5.75 Å². The molecule has 3 N–H and O–H groups in total. The number of carbonyl (C=O) groups excluding carboxylic acids is 1. The molecule has 2 aromatic carbocycles. The zero-order valence-corrected chi connectivity index (χ0v) is 16.8. The Labute approximate surface area is 176 Å². The van der Waals surface area contributed by atoms with Crippen LogP contribution < -0.4 is 15.8 Å². The quantitative estimate of drug-likeness (QED) is 0.555. The van der Waals surface area contributed by atoms with Gasteiger partial charge in [0, 0.05) is 16.9 Å². The van der Waals surface area contributed by atoms with Crippen LogP contribution >= 0.6 is 0 Å². The smallest absolute Gasteiger partial charge is 0.406 e. The maximum atomic E-state index is 12.3. The van der Waals surface area contributed by atoms with Crippen molar-refractivity contribution in [2.45, 2.75) is 38.6 Å². The van der Waals surface area contributed by atoms with Crippen LogP contribution in [0.3, 0.4) is 0 Å². The summed E-state index contributed by atoms with van der Waals surface area (Å²) in [6, 6.07) is 12.4. The van der Waals surface area contributed by atoms with Crippen LogP contribution in [0.25, 0.3) is 11.4 Å². The fraction of sp³-hybridized carbons (Fsp3) is 0.300. The Hall–Kier alpha value is -3.63. The zero-order valence-electron chi connectivity index (χ0n) is 16.8. The van der Waals surface area contributed by atoms with Crippen molar-refractivity contribution in [2.75, 3.05) is 5.32 Å². The van der Waals surface area contributed by atoms with Crippen molar-refractivity contribution in [1.29, 1.82) is 0 Å². The number of ether oxygens (including phenoxy) is 1. The molecule has 1 aromatic heterocycles. The van der Waals surface area contributed by atoms with Crippen LogP contribution in [0.4, 0.5) is 24.5 Å². The van der Waals surface area contributed by atoms with Gasteiger partial charge in [-0.1, -0.05) is 26.0 Å². The summed E-state index contributed by atoms with van der Waals surface area (Å²) in [7, 11) is 0. The lowest BCUT2D eigenvalue weighted by Gasteiger charge is -2.25. The highest BCUT2D eigenvalue weighted by Crippen LogP contribution is 2.31. The monoisotopic (exact) mass is 434 g/mol. The van der Waals surface area contributed by atoms with E-state index < -0.39 is 17.8 Å². The number of carbonyl (C=O) groups is 1. The average Bonchev–Trinajstić information content (AvgIpc) is 3.20. The second-order valence-electron chi connectivity index (χ2n) is 6.75. The molecule has 1 heterocycles. The molecule has 0 bridgehead atoms. The number of aromatic nitrogens is 4. The molecule has 0 saturated heterocycles. The Morgan fingerprint density at radius 1 is 1.10 bits per heavy atom. The van der Waals surface area contributed by atoms with E-state index >= 15 is 0 Å². The molecule has 0 radical (unpaired) electrons. The number of nitrogens with one attached hydrogen (secondary N) is 1. The minimum atomic E-state index is -4.75. The van der Waals surface area contributed by atoms with Crippen molar-refractivity contribution in [2.24, 2.45) is 5.73 Å². The molecule has 3 rings (SSSR count). The highest BCUT2D eigenvalue weighted by molar-refractivity contribution is 5.82.